The average molecular weight is 390 g/mol. The third-order valence-corrected chi connectivity index (χ3v) is 4.42. The molecule has 0 aliphatic rings. The summed E-state index contributed by atoms with van der Waals surface area (Å²) in [5.41, 5.74) is 1.59. The predicted octanol–water partition coefficient (Wildman–Crippen LogP) is 3.37. The highest BCUT2D eigenvalue weighted by Crippen LogP contribution is 2.12. The smallest absolute Gasteiger partial charge is 0.269 e. The topological polar surface area (TPSA) is 79.6 Å². The van der Waals surface area contributed by atoms with Gasteiger partial charge in [0, 0.05) is 31.0 Å². The zero-order valence-corrected chi connectivity index (χ0v) is 16.0. The van der Waals surface area contributed by atoms with Crippen LogP contribution in [0.1, 0.15) is 11.1 Å². The Bertz CT molecular complexity index is 769. The number of thioether (sulfide) groups is 1. The summed E-state index contributed by atoms with van der Waals surface area (Å²) in [6.45, 7) is 1.70. The third kappa shape index (κ3) is 7.26. The van der Waals surface area contributed by atoms with Crippen molar-refractivity contribution in [2.24, 2.45) is 4.99 Å². The molecule has 0 radical (unpaired) electrons. The molecule has 0 aliphatic carbocycles. The lowest BCUT2D eigenvalue weighted by atomic mass is 10.1. The Labute approximate surface area is 162 Å². The van der Waals surface area contributed by atoms with Crippen LogP contribution in [0.3, 0.4) is 0 Å². The molecule has 0 bridgehead atoms. The van der Waals surface area contributed by atoms with Gasteiger partial charge in [0.2, 0.25) is 0 Å². The van der Waals surface area contributed by atoms with E-state index >= 15 is 0 Å². The first-order chi connectivity index (χ1) is 13.1. The molecule has 0 aromatic heterocycles. The van der Waals surface area contributed by atoms with Crippen LogP contribution in [0.2, 0.25) is 0 Å². The van der Waals surface area contributed by atoms with Crippen molar-refractivity contribution in [3.8, 4) is 0 Å². The van der Waals surface area contributed by atoms with Crippen LogP contribution in [0, 0.1) is 15.9 Å². The molecule has 0 heterocycles. The van der Waals surface area contributed by atoms with E-state index in [1.807, 2.05) is 12.3 Å². The van der Waals surface area contributed by atoms with Gasteiger partial charge in [0.15, 0.2) is 5.96 Å². The summed E-state index contributed by atoms with van der Waals surface area (Å²) in [5.74, 6) is 1.36. The number of aliphatic imine (C=N–C) groups is 1. The van der Waals surface area contributed by atoms with E-state index in [0.29, 0.717) is 31.0 Å². The molecule has 0 spiro atoms. The van der Waals surface area contributed by atoms with Crippen molar-refractivity contribution < 1.29 is 9.31 Å². The van der Waals surface area contributed by atoms with E-state index in [2.05, 4.69) is 15.6 Å². The molecular weight excluding hydrogens is 367 g/mol. The molecule has 0 saturated heterocycles. The normalized spacial score (nSPS) is 11.3. The van der Waals surface area contributed by atoms with Crippen molar-refractivity contribution in [3.63, 3.8) is 0 Å². The van der Waals surface area contributed by atoms with Crippen LogP contribution in [-0.2, 0) is 13.0 Å². The SMILES string of the molecule is CSCCNC(=NCc1ccc([N+](=O)[O-])cc1)NCCc1ccccc1F. The average Bonchev–Trinajstić information content (AvgIpc) is 2.67. The number of rotatable bonds is 9. The maximum Gasteiger partial charge on any atom is 0.269 e. The fourth-order valence-electron chi connectivity index (χ4n) is 2.36. The quantitative estimate of drug-likeness (QED) is 0.226. The summed E-state index contributed by atoms with van der Waals surface area (Å²) in [4.78, 5) is 14.8. The van der Waals surface area contributed by atoms with Crippen molar-refractivity contribution in [3.05, 3.63) is 75.6 Å². The van der Waals surface area contributed by atoms with Crippen LogP contribution >= 0.6 is 11.8 Å². The highest BCUT2D eigenvalue weighted by molar-refractivity contribution is 7.98. The molecule has 0 amide bonds. The second-order valence-corrected chi connectivity index (χ2v) is 6.76. The highest BCUT2D eigenvalue weighted by atomic mass is 32.2. The number of halogens is 1. The van der Waals surface area contributed by atoms with Crippen LogP contribution < -0.4 is 10.6 Å². The van der Waals surface area contributed by atoms with Gasteiger partial charge in [0.25, 0.3) is 5.69 Å². The van der Waals surface area contributed by atoms with E-state index < -0.39 is 4.92 Å². The lowest BCUT2D eigenvalue weighted by Gasteiger charge is -2.12. The van der Waals surface area contributed by atoms with Crippen LogP contribution in [0.5, 0.6) is 0 Å². The van der Waals surface area contributed by atoms with Crippen LogP contribution in [0.4, 0.5) is 10.1 Å². The van der Waals surface area contributed by atoms with Crippen LogP contribution in [0.15, 0.2) is 53.5 Å². The standard InChI is InChI=1S/C19H23FN4O2S/c1-27-13-12-22-19(21-11-10-16-4-2-3-5-18(16)20)23-14-15-6-8-17(9-7-15)24(25)26/h2-9H,10-14H2,1H3,(H2,21,22,23). The number of nitrogens with one attached hydrogen (secondary N) is 2. The number of hydrogen-bond donors (Lipinski definition) is 2. The van der Waals surface area contributed by atoms with E-state index in [9.17, 15) is 14.5 Å². The number of nitrogens with zero attached hydrogens (tertiary/aromatic N) is 2. The Morgan fingerprint density at radius 3 is 2.52 bits per heavy atom. The molecule has 0 saturated carbocycles. The molecule has 0 unspecified atom stereocenters. The summed E-state index contributed by atoms with van der Waals surface area (Å²) in [6, 6.07) is 13.0. The zero-order chi connectivity index (χ0) is 19.5. The Balaban J connectivity index is 1.94. The number of benzene rings is 2. The number of nitro groups is 1. The number of nitro benzene ring substituents is 1. The highest BCUT2D eigenvalue weighted by Gasteiger charge is 2.05. The van der Waals surface area contributed by atoms with E-state index in [4.69, 9.17) is 0 Å². The fraction of sp³-hybridized carbons (Fsp3) is 0.316. The molecule has 0 fully saturated rings. The molecule has 2 aromatic carbocycles. The lowest BCUT2D eigenvalue weighted by Crippen LogP contribution is -2.39. The molecule has 8 heteroatoms. The summed E-state index contributed by atoms with van der Waals surface area (Å²) in [6.07, 6.45) is 2.58. The second-order valence-electron chi connectivity index (χ2n) is 5.78. The van der Waals surface area contributed by atoms with Gasteiger partial charge < -0.3 is 10.6 Å². The molecule has 2 N–H and O–H groups in total. The van der Waals surface area contributed by atoms with E-state index in [1.54, 1.807) is 36.0 Å². The number of guanidine groups is 1. The molecular formula is C19H23FN4O2S. The number of non-ortho nitro benzene ring substituents is 1. The maximum absolute atomic E-state index is 13.7. The van der Waals surface area contributed by atoms with Gasteiger partial charge in [-0.05, 0) is 29.9 Å². The first-order valence-corrected chi connectivity index (χ1v) is 9.97. The lowest BCUT2D eigenvalue weighted by molar-refractivity contribution is -0.384. The second kappa shape index (κ2) is 11.2. The summed E-state index contributed by atoms with van der Waals surface area (Å²) < 4.78 is 13.7. The van der Waals surface area contributed by atoms with Gasteiger partial charge in [0.1, 0.15) is 5.82 Å². The number of hydrogen-bond acceptors (Lipinski definition) is 4. The van der Waals surface area contributed by atoms with Gasteiger partial charge in [0.05, 0.1) is 11.5 Å². The minimum Gasteiger partial charge on any atom is -0.356 e. The minimum atomic E-state index is -0.424. The van der Waals surface area contributed by atoms with Crippen LogP contribution in [-0.4, -0.2) is 36.0 Å². The van der Waals surface area contributed by atoms with Crippen molar-refractivity contribution >= 4 is 23.4 Å². The first-order valence-electron chi connectivity index (χ1n) is 8.58. The monoisotopic (exact) mass is 390 g/mol. The van der Waals surface area contributed by atoms with Gasteiger partial charge in [-0.2, -0.15) is 11.8 Å². The van der Waals surface area contributed by atoms with E-state index in [1.165, 1.54) is 18.2 Å². The molecule has 0 aliphatic heterocycles. The minimum absolute atomic E-state index is 0.0593. The first kappa shape index (κ1) is 20.7. The van der Waals surface area contributed by atoms with Gasteiger partial charge in [-0.3, -0.25) is 10.1 Å². The maximum atomic E-state index is 13.7. The molecule has 0 atom stereocenters. The van der Waals surface area contributed by atoms with Gasteiger partial charge in [-0.15, -0.1) is 0 Å². The van der Waals surface area contributed by atoms with E-state index in [0.717, 1.165) is 17.9 Å². The van der Waals surface area contributed by atoms with Crippen molar-refractivity contribution in [1.82, 2.24) is 10.6 Å². The molecule has 6 nitrogen and oxygen atoms in total. The largest absolute Gasteiger partial charge is 0.356 e. The van der Waals surface area contributed by atoms with Crippen molar-refractivity contribution in [1.29, 1.82) is 0 Å². The Morgan fingerprint density at radius 1 is 1.15 bits per heavy atom. The van der Waals surface area contributed by atoms with Gasteiger partial charge in [-0.25, -0.2) is 9.38 Å². The summed E-state index contributed by atoms with van der Waals surface area (Å²) in [7, 11) is 0. The molecule has 27 heavy (non-hydrogen) atoms. The predicted molar refractivity (Wildman–Crippen MR) is 109 cm³/mol. The molecule has 2 rings (SSSR count). The zero-order valence-electron chi connectivity index (χ0n) is 15.2. The van der Waals surface area contributed by atoms with Gasteiger partial charge in [-0.1, -0.05) is 30.3 Å². The van der Waals surface area contributed by atoms with Crippen molar-refractivity contribution in [2.75, 3.05) is 25.1 Å². The third-order valence-electron chi connectivity index (χ3n) is 3.81. The molecule has 144 valence electrons. The molecule has 2 aromatic rings. The fourth-order valence-corrected chi connectivity index (χ4v) is 2.66. The Morgan fingerprint density at radius 2 is 1.85 bits per heavy atom. The Kier molecular flexibility index (Phi) is 8.57. The van der Waals surface area contributed by atoms with Crippen molar-refractivity contribution in [2.45, 2.75) is 13.0 Å². The van der Waals surface area contributed by atoms with E-state index in [-0.39, 0.29) is 11.5 Å². The van der Waals surface area contributed by atoms with Crippen LogP contribution in [0.25, 0.3) is 0 Å². The summed E-state index contributed by atoms with van der Waals surface area (Å²) in [5, 5.41) is 17.2. The summed E-state index contributed by atoms with van der Waals surface area (Å²) >= 11 is 1.73. The van der Waals surface area contributed by atoms with Gasteiger partial charge >= 0.3 is 0 Å². The Hall–Kier alpha value is -2.61.